The number of nitrogens with zero attached hydrogens (tertiary/aromatic N) is 3. The van der Waals surface area contributed by atoms with Gasteiger partial charge in [0, 0.05) is 38.2 Å². The van der Waals surface area contributed by atoms with Gasteiger partial charge in [0.15, 0.2) is 5.76 Å². The van der Waals surface area contributed by atoms with Crippen molar-refractivity contribution in [3.63, 3.8) is 0 Å². The Morgan fingerprint density at radius 1 is 1.08 bits per heavy atom. The van der Waals surface area contributed by atoms with Crippen LogP contribution in [0.25, 0.3) is 11.3 Å². The molecule has 1 aliphatic heterocycles. The van der Waals surface area contributed by atoms with E-state index in [1.807, 2.05) is 30.3 Å². The lowest BCUT2D eigenvalue weighted by Crippen LogP contribution is -2.46. The molecule has 6 heteroatoms. The molecule has 0 saturated carbocycles. The number of piperazine rings is 1. The number of oxazole rings is 1. The van der Waals surface area contributed by atoms with Gasteiger partial charge >= 0.3 is 5.97 Å². The number of aromatic nitrogens is 1. The Balaban J connectivity index is 1.41. The van der Waals surface area contributed by atoms with E-state index < -0.39 is 5.97 Å². The molecule has 134 valence electrons. The first-order chi connectivity index (χ1) is 12.2. The predicted octanol–water partition coefficient (Wildman–Crippen LogP) is 2.71. The molecule has 2 aromatic rings. The van der Waals surface area contributed by atoms with Crippen LogP contribution >= 0.6 is 0 Å². The molecule has 0 atom stereocenters. The van der Waals surface area contributed by atoms with Crippen molar-refractivity contribution in [1.29, 1.82) is 0 Å². The molecule has 1 aromatic carbocycles. The van der Waals surface area contributed by atoms with Crippen LogP contribution in [0.15, 0.2) is 40.9 Å². The lowest BCUT2D eigenvalue weighted by molar-refractivity contribution is -0.137. The highest BCUT2D eigenvalue weighted by atomic mass is 16.4. The number of hydrogen-bond acceptors (Lipinski definition) is 5. The third-order valence-corrected chi connectivity index (χ3v) is 4.55. The van der Waals surface area contributed by atoms with E-state index in [0.29, 0.717) is 0 Å². The van der Waals surface area contributed by atoms with Crippen LogP contribution < -0.4 is 0 Å². The van der Waals surface area contributed by atoms with E-state index in [4.69, 9.17) is 9.52 Å². The first kappa shape index (κ1) is 17.6. The van der Waals surface area contributed by atoms with Gasteiger partial charge in [-0.25, -0.2) is 4.98 Å². The molecule has 2 heterocycles. The van der Waals surface area contributed by atoms with Gasteiger partial charge in [0.1, 0.15) is 0 Å². The fourth-order valence-electron chi connectivity index (χ4n) is 3.09. The van der Waals surface area contributed by atoms with Crippen LogP contribution in [0.2, 0.25) is 0 Å². The zero-order chi connectivity index (χ0) is 17.5. The highest BCUT2D eigenvalue weighted by molar-refractivity contribution is 5.66. The number of carboxylic acids is 1. The van der Waals surface area contributed by atoms with Gasteiger partial charge in [0.25, 0.3) is 0 Å². The van der Waals surface area contributed by atoms with Crippen molar-refractivity contribution in [1.82, 2.24) is 14.8 Å². The van der Waals surface area contributed by atoms with E-state index >= 15 is 0 Å². The molecule has 1 N–H and O–H groups in total. The molecule has 0 unspecified atom stereocenters. The van der Waals surface area contributed by atoms with Gasteiger partial charge in [-0.15, -0.1) is 0 Å². The summed E-state index contributed by atoms with van der Waals surface area (Å²) < 4.78 is 5.88. The summed E-state index contributed by atoms with van der Waals surface area (Å²) in [5, 5.41) is 8.66. The quantitative estimate of drug-likeness (QED) is 0.743. The average Bonchev–Trinajstić information content (AvgIpc) is 3.09. The van der Waals surface area contributed by atoms with Gasteiger partial charge in [-0.3, -0.25) is 9.69 Å². The Kier molecular flexibility index (Phi) is 6.19. The summed E-state index contributed by atoms with van der Waals surface area (Å²) in [7, 11) is 0. The normalized spacial score (nSPS) is 16.2. The van der Waals surface area contributed by atoms with Gasteiger partial charge in [0.2, 0.25) is 5.89 Å². The number of hydrogen-bond donors (Lipinski definition) is 1. The largest absolute Gasteiger partial charge is 0.481 e. The van der Waals surface area contributed by atoms with Crippen molar-refractivity contribution in [2.24, 2.45) is 0 Å². The van der Waals surface area contributed by atoms with Crippen molar-refractivity contribution >= 4 is 5.97 Å². The number of carbonyl (C=O) groups is 1. The van der Waals surface area contributed by atoms with E-state index in [1.165, 1.54) is 0 Å². The fraction of sp³-hybridized carbons (Fsp3) is 0.474. The lowest BCUT2D eigenvalue weighted by Gasteiger charge is -2.33. The molecular weight excluding hydrogens is 318 g/mol. The van der Waals surface area contributed by atoms with Crippen molar-refractivity contribution in [3.05, 3.63) is 42.4 Å². The molecule has 0 aliphatic carbocycles. The maximum atomic E-state index is 10.5. The zero-order valence-electron chi connectivity index (χ0n) is 14.4. The third-order valence-electron chi connectivity index (χ3n) is 4.55. The van der Waals surface area contributed by atoms with Crippen molar-refractivity contribution in [2.75, 3.05) is 32.7 Å². The number of unbranched alkanes of at least 4 members (excludes halogenated alkanes) is 1. The summed E-state index contributed by atoms with van der Waals surface area (Å²) in [6, 6.07) is 10.0. The Labute approximate surface area is 148 Å². The second kappa shape index (κ2) is 8.78. The van der Waals surface area contributed by atoms with E-state index in [-0.39, 0.29) is 6.42 Å². The maximum Gasteiger partial charge on any atom is 0.303 e. The molecule has 1 aliphatic rings. The molecule has 0 spiro atoms. The van der Waals surface area contributed by atoms with Crippen LogP contribution in [0.5, 0.6) is 0 Å². The summed E-state index contributed by atoms with van der Waals surface area (Å²) in [6.45, 7) is 5.72. The minimum Gasteiger partial charge on any atom is -0.481 e. The topological polar surface area (TPSA) is 69.8 Å². The Hall–Kier alpha value is -2.18. The van der Waals surface area contributed by atoms with Crippen LogP contribution in [0.1, 0.15) is 25.2 Å². The van der Waals surface area contributed by atoms with Crippen molar-refractivity contribution in [2.45, 2.75) is 25.8 Å². The van der Waals surface area contributed by atoms with Crippen molar-refractivity contribution in [3.8, 4) is 11.3 Å². The second-order valence-electron chi connectivity index (χ2n) is 6.45. The Morgan fingerprint density at radius 2 is 1.80 bits per heavy atom. The van der Waals surface area contributed by atoms with Gasteiger partial charge < -0.3 is 14.4 Å². The minimum absolute atomic E-state index is 0.272. The standard InChI is InChI=1S/C19H25N3O3/c23-19(24)8-4-5-9-21-10-12-22(13-11-21)15-18-20-14-17(25-18)16-6-2-1-3-7-16/h1-3,6-7,14H,4-5,8-13,15H2,(H,23,24). The molecule has 0 radical (unpaired) electrons. The van der Waals surface area contributed by atoms with E-state index in [1.54, 1.807) is 6.20 Å². The maximum absolute atomic E-state index is 10.5. The van der Waals surface area contributed by atoms with Crippen LogP contribution in [-0.4, -0.2) is 58.6 Å². The predicted molar refractivity (Wildman–Crippen MR) is 95.1 cm³/mol. The Morgan fingerprint density at radius 3 is 2.52 bits per heavy atom. The van der Waals surface area contributed by atoms with Gasteiger partial charge in [-0.1, -0.05) is 30.3 Å². The SMILES string of the molecule is O=C(O)CCCCN1CCN(Cc2ncc(-c3ccccc3)o2)CC1. The minimum atomic E-state index is -0.703. The summed E-state index contributed by atoms with van der Waals surface area (Å²) in [6.07, 6.45) is 3.78. The highest BCUT2D eigenvalue weighted by Gasteiger charge is 2.18. The smallest absolute Gasteiger partial charge is 0.303 e. The van der Waals surface area contributed by atoms with Gasteiger partial charge in [-0.05, 0) is 19.4 Å². The van der Waals surface area contributed by atoms with Gasteiger partial charge in [-0.2, -0.15) is 0 Å². The van der Waals surface area contributed by atoms with Crippen LogP contribution in [0.3, 0.4) is 0 Å². The molecule has 25 heavy (non-hydrogen) atoms. The Bertz CT molecular complexity index is 664. The first-order valence-corrected chi connectivity index (χ1v) is 8.87. The van der Waals surface area contributed by atoms with Crippen LogP contribution in [0.4, 0.5) is 0 Å². The second-order valence-corrected chi connectivity index (χ2v) is 6.45. The van der Waals surface area contributed by atoms with E-state index in [2.05, 4.69) is 14.8 Å². The van der Waals surface area contributed by atoms with Crippen LogP contribution in [0, 0.1) is 0 Å². The molecule has 1 aromatic heterocycles. The van der Waals surface area contributed by atoms with Crippen molar-refractivity contribution < 1.29 is 14.3 Å². The summed E-state index contributed by atoms with van der Waals surface area (Å²) >= 11 is 0. The molecule has 3 rings (SSSR count). The zero-order valence-corrected chi connectivity index (χ0v) is 14.4. The monoisotopic (exact) mass is 343 g/mol. The number of aliphatic carboxylic acids is 1. The van der Waals surface area contributed by atoms with Crippen LogP contribution in [-0.2, 0) is 11.3 Å². The molecule has 1 saturated heterocycles. The number of carboxylic acid groups (broad SMARTS) is 1. The fourth-order valence-corrected chi connectivity index (χ4v) is 3.09. The van der Waals surface area contributed by atoms with E-state index in [9.17, 15) is 4.79 Å². The average molecular weight is 343 g/mol. The molecule has 0 amide bonds. The summed E-state index contributed by atoms with van der Waals surface area (Å²) in [5.74, 6) is 0.868. The molecule has 1 fully saturated rings. The third kappa shape index (κ3) is 5.41. The number of rotatable bonds is 8. The van der Waals surface area contributed by atoms with E-state index in [0.717, 1.165) is 69.3 Å². The number of benzene rings is 1. The van der Waals surface area contributed by atoms with Gasteiger partial charge in [0.05, 0.1) is 12.7 Å². The first-order valence-electron chi connectivity index (χ1n) is 8.87. The highest BCUT2D eigenvalue weighted by Crippen LogP contribution is 2.20. The molecule has 0 bridgehead atoms. The molecule has 6 nitrogen and oxygen atoms in total. The summed E-state index contributed by atoms with van der Waals surface area (Å²) in [4.78, 5) is 19.7. The lowest BCUT2D eigenvalue weighted by atomic mass is 10.2. The summed E-state index contributed by atoms with van der Waals surface area (Å²) in [5.41, 5.74) is 1.05. The molecular formula is C19H25N3O3.